The van der Waals surface area contributed by atoms with Gasteiger partial charge in [0.25, 0.3) is 0 Å². The van der Waals surface area contributed by atoms with Gasteiger partial charge in [0.1, 0.15) is 6.61 Å². The van der Waals surface area contributed by atoms with Crippen LogP contribution in [0.15, 0.2) is 23.5 Å². The predicted molar refractivity (Wildman–Crippen MR) is 84.8 cm³/mol. The fourth-order valence-electron chi connectivity index (χ4n) is 1.94. The zero-order chi connectivity index (χ0) is 17.8. The lowest BCUT2D eigenvalue weighted by atomic mass is 10.2. The maximum Gasteiger partial charge on any atom is 0.338 e. The number of unbranched alkanes of at least 4 members (excludes halogenated alkanes) is 3. The zero-order valence-corrected chi connectivity index (χ0v) is 13.8. The SMILES string of the molecule is COc1cc(C(=O)OCCCCCCON=O)ccc1OC(C)=O. The van der Waals surface area contributed by atoms with Crippen molar-refractivity contribution in [3.8, 4) is 11.5 Å². The first kappa shape index (κ1) is 19.4. The van der Waals surface area contributed by atoms with Gasteiger partial charge in [0.15, 0.2) is 16.8 Å². The highest BCUT2D eigenvalue weighted by Gasteiger charge is 2.13. The summed E-state index contributed by atoms with van der Waals surface area (Å²) in [5.41, 5.74) is 0.313. The molecule has 1 aromatic carbocycles. The lowest BCUT2D eigenvalue weighted by Gasteiger charge is -2.10. The van der Waals surface area contributed by atoms with Gasteiger partial charge in [-0.3, -0.25) is 4.79 Å². The Balaban J connectivity index is 2.39. The molecule has 8 nitrogen and oxygen atoms in total. The third-order valence-electron chi connectivity index (χ3n) is 3.07. The van der Waals surface area contributed by atoms with Crippen molar-refractivity contribution in [1.82, 2.24) is 0 Å². The molecule has 0 N–H and O–H groups in total. The van der Waals surface area contributed by atoms with Crippen molar-refractivity contribution < 1.29 is 28.6 Å². The van der Waals surface area contributed by atoms with Crippen molar-refractivity contribution in [3.05, 3.63) is 28.7 Å². The molecule has 1 aromatic rings. The summed E-state index contributed by atoms with van der Waals surface area (Å²) in [5, 5.41) is 2.31. The molecule has 0 amide bonds. The highest BCUT2D eigenvalue weighted by atomic mass is 16.7. The molecule has 0 heterocycles. The molecular formula is C16H21NO7. The Labute approximate surface area is 140 Å². The van der Waals surface area contributed by atoms with Crippen LogP contribution in [0.25, 0.3) is 0 Å². The van der Waals surface area contributed by atoms with Gasteiger partial charge in [-0.05, 0) is 43.9 Å². The first-order chi connectivity index (χ1) is 11.6. The Bertz CT molecular complexity index is 559. The summed E-state index contributed by atoms with van der Waals surface area (Å²) in [7, 11) is 1.42. The molecule has 1 rings (SSSR count). The van der Waals surface area contributed by atoms with E-state index in [4.69, 9.17) is 14.2 Å². The summed E-state index contributed by atoms with van der Waals surface area (Å²) in [6.07, 6.45) is 3.15. The molecule has 0 aliphatic carbocycles. The fourth-order valence-corrected chi connectivity index (χ4v) is 1.94. The van der Waals surface area contributed by atoms with Crippen molar-refractivity contribution in [2.45, 2.75) is 32.6 Å². The topological polar surface area (TPSA) is 100 Å². The molecule has 8 heteroatoms. The molecule has 0 spiro atoms. The Morgan fingerprint density at radius 1 is 1.04 bits per heavy atom. The van der Waals surface area contributed by atoms with Crippen LogP contribution in [0.1, 0.15) is 43.0 Å². The minimum Gasteiger partial charge on any atom is -0.493 e. The van der Waals surface area contributed by atoms with E-state index in [0.29, 0.717) is 25.2 Å². The molecular weight excluding hydrogens is 318 g/mol. The minimum absolute atomic E-state index is 0.244. The van der Waals surface area contributed by atoms with Crippen LogP contribution in [0.5, 0.6) is 11.5 Å². The summed E-state index contributed by atoms with van der Waals surface area (Å²) < 4.78 is 15.2. The van der Waals surface area contributed by atoms with Gasteiger partial charge in [-0.2, -0.15) is 0 Å². The maximum atomic E-state index is 12.0. The standard InChI is InChI=1S/C16H21NO7/c1-12(18)24-14-8-7-13(11-15(14)21-2)16(19)22-9-5-3-4-6-10-23-17-20/h7-8,11H,3-6,9-10H2,1-2H3. The average Bonchev–Trinajstić information content (AvgIpc) is 2.57. The number of carbonyl (C=O) groups is 2. The lowest BCUT2D eigenvalue weighted by molar-refractivity contribution is -0.132. The van der Waals surface area contributed by atoms with E-state index in [0.717, 1.165) is 19.3 Å². The van der Waals surface area contributed by atoms with Crippen LogP contribution in [-0.4, -0.2) is 32.3 Å². The van der Waals surface area contributed by atoms with Crippen LogP contribution in [0, 0.1) is 4.91 Å². The highest BCUT2D eigenvalue weighted by molar-refractivity contribution is 5.90. The second-order valence-corrected chi connectivity index (χ2v) is 4.92. The van der Waals surface area contributed by atoms with Crippen LogP contribution < -0.4 is 9.47 Å². The summed E-state index contributed by atoms with van der Waals surface area (Å²) in [6.45, 7) is 1.88. The Morgan fingerprint density at radius 3 is 2.38 bits per heavy atom. The molecule has 132 valence electrons. The number of hydrogen-bond donors (Lipinski definition) is 0. The number of carbonyl (C=O) groups excluding carboxylic acids is 2. The molecule has 0 atom stereocenters. The van der Waals surface area contributed by atoms with E-state index < -0.39 is 11.9 Å². The van der Waals surface area contributed by atoms with Crippen LogP contribution in [0.2, 0.25) is 0 Å². The molecule has 0 bridgehead atoms. The van der Waals surface area contributed by atoms with E-state index in [-0.39, 0.29) is 11.5 Å². The largest absolute Gasteiger partial charge is 0.493 e. The number of ether oxygens (including phenoxy) is 3. The first-order valence-electron chi connectivity index (χ1n) is 7.56. The Hall–Kier alpha value is -2.64. The summed E-state index contributed by atoms with van der Waals surface area (Å²) >= 11 is 0. The molecule has 0 radical (unpaired) electrons. The van der Waals surface area contributed by atoms with E-state index in [1.54, 1.807) is 0 Å². The fraction of sp³-hybridized carbons (Fsp3) is 0.500. The van der Waals surface area contributed by atoms with E-state index in [1.165, 1.54) is 32.2 Å². The first-order valence-corrected chi connectivity index (χ1v) is 7.56. The maximum absolute atomic E-state index is 12.0. The lowest BCUT2D eigenvalue weighted by Crippen LogP contribution is -2.08. The Kier molecular flexibility index (Phi) is 8.88. The minimum atomic E-state index is -0.476. The summed E-state index contributed by atoms with van der Waals surface area (Å²) in [4.78, 5) is 37.0. The number of methoxy groups -OCH3 is 1. The van der Waals surface area contributed by atoms with Gasteiger partial charge in [-0.25, -0.2) is 4.79 Å². The molecule has 0 saturated heterocycles. The van der Waals surface area contributed by atoms with E-state index in [9.17, 15) is 14.5 Å². The normalized spacial score (nSPS) is 9.92. The molecule has 24 heavy (non-hydrogen) atoms. The van der Waals surface area contributed by atoms with Crippen molar-refractivity contribution in [1.29, 1.82) is 0 Å². The predicted octanol–water partition coefficient (Wildman–Crippen LogP) is 3.04. The summed E-state index contributed by atoms with van der Waals surface area (Å²) in [6, 6.07) is 4.45. The van der Waals surface area contributed by atoms with Crippen LogP contribution >= 0.6 is 0 Å². The van der Waals surface area contributed by atoms with Crippen LogP contribution in [0.4, 0.5) is 0 Å². The number of esters is 2. The van der Waals surface area contributed by atoms with Gasteiger partial charge in [0, 0.05) is 6.92 Å². The molecule has 0 unspecified atom stereocenters. The second-order valence-electron chi connectivity index (χ2n) is 4.92. The average molecular weight is 339 g/mol. The van der Waals surface area contributed by atoms with Gasteiger partial charge in [0.2, 0.25) is 0 Å². The molecule has 0 fully saturated rings. The molecule has 0 aromatic heterocycles. The van der Waals surface area contributed by atoms with Crippen LogP contribution in [0.3, 0.4) is 0 Å². The van der Waals surface area contributed by atoms with Gasteiger partial charge in [-0.1, -0.05) is 0 Å². The molecule has 0 aliphatic rings. The van der Waals surface area contributed by atoms with Crippen LogP contribution in [-0.2, 0) is 14.4 Å². The monoisotopic (exact) mass is 339 g/mol. The van der Waals surface area contributed by atoms with Gasteiger partial charge >= 0.3 is 11.9 Å². The van der Waals surface area contributed by atoms with Crippen molar-refractivity contribution in [2.75, 3.05) is 20.3 Å². The van der Waals surface area contributed by atoms with E-state index >= 15 is 0 Å². The number of benzene rings is 1. The highest BCUT2D eigenvalue weighted by Crippen LogP contribution is 2.28. The number of hydrogen-bond acceptors (Lipinski definition) is 8. The quantitative estimate of drug-likeness (QED) is 0.201. The zero-order valence-electron chi connectivity index (χ0n) is 13.8. The van der Waals surface area contributed by atoms with Gasteiger partial charge in [-0.15, -0.1) is 4.91 Å². The number of rotatable bonds is 11. The van der Waals surface area contributed by atoms with E-state index in [2.05, 4.69) is 10.2 Å². The summed E-state index contributed by atoms with van der Waals surface area (Å²) in [5.74, 6) is -0.425. The molecule has 0 aliphatic heterocycles. The second kappa shape index (κ2) is 11.0. The van der Waals surface area contributed by atoms with Gasteiger partial charge in [0.05, 0.1) is 19.3 Å². The molecule has 0 saturated carbocycles. The third-order valence-corrected chi connectivity index (χ3v) is 3.07. The number of nitrogens with zero attached hydrogens (tertiary/aromatic N) is 1. The third kappa shape index (κ3) is 7.08. The van der Waals surface area contributed by atoms with Crippen molar-refractivity contribution in [3.63, 3.8) is 0 Å². The van der Waals surface area contributed by atoms with Gasteiger partial charge < -0.3 is 19.0 Å². The van der Waals surface area contributed by atoms with E-state index in [1.807, 2.05) is 0 Å². The van der Waals surface area contributed by atoms with Crippen molar-refractivity contribution in [2.24, 2.45) is 5.34 Å². The Morgan fingerprint density at radius 2 is 1.75 bits per heavy atom. The van der Waals surface area contributed by atoms with Crippen molar-refractivity contribution >= 4 is 11.9 Å². The smallest absolute Gasteiger partial charge is 0.338 e.